The van der Waals surface area contributed by atoms with E-state index in [1.54, 1.807) is 18.4 Å². The molecule has 0 amide bonds. The molecule has 2 aromatic rings. The van der Waals surface area contributed by atoms with Crippen molar-refractivity contribution in [3.63, 3.8) is 0 Å². The highest BCUT2D eigenvalue weighted by Crippen LogP contribution is 2.37. The fourth-order valence-corrected chi connectivity index (χ4v) is 2.99. The molecule has 0 aliphatic rings. The minimum absolute atomic E-state index is 0. The zero-order valence-corrected chi connectivity index (χ0v) is 17.8. The Morgan fingerprint density at radius 3 is 2.60 bits per heavy atom. The molecule has 0 aliphatic heterocycles. The first-order valence-electron chi connectivity index (χ1n) is 7.47. The zero-order chi connectivity index (χ0) is 16.7. The Hall–Kier alpha value is -0.690. The van der Waals surface area contributed by atoms with Gasteiger partial charge >= 0.3 is 0 Å². The van der Waals surface area contributed by atoms with Crippen LogP contribution in [0.15, 0.2) is 29.6 Å². The third-order valence-corrected chi connectivity index (χ3v) is 4.42. The maximum Gasteiger partial charge on any atom is 0.180 e. The van der Waals surface area contributed by atoms with Gasteiger partial charge in [0.1, 0.15) is 6.61 Å². The van der Waals surface area contributed by atoms with Crippen LogP contribution in [0.3, 0.4) is 0 Å². The second kappa shape index (κ2) is 12.6. The molecule has 0 atom stereocenters. The van der Waals surface area contributed by atoms with E-state index in [2.05, 4.69) is 24.3 Å². The number of methoxy groups -OCH3 is 1. The monoisotopic (exact) mass is 426 g/mol. The average molecular weight is 428 g/mol. The van der Waals surface area contributed by atoms with Crippen LogP contribution in [0, 0.1) is 0 Å². The van der Waals surface area contributed by atoms with Crippen molar-refractivity contribution < 1.29 is 9.47 Å². The summed E-state index contributed by atoms with van der Waals surface area (Å²) < 4.78 is 11.3. The van der Waals surface area contributed by atoms with Gasteiger partial charge in [-0.25, -0.2) is 0 Å². The summed E-state index contributed by atoms with van der Waals surface area (Å²) >= 11 is 8.04. The number of likely N-dealkylation sites (N-methyl/N-ethyl adjacent to an activating group) is 1. The number of halogens is 3. The normalized spacial score (nSPS) is 10.1. The van der Waals surface area contributed by atoms with E-state index in [0.717, 1.165) is 30.1 Å². The van der Waals surface area contributed by atoms with Crippen LogP contribution in [-0.2, 0) is 13.2 Å². The number of benzene rings is 1. The van der Waals surface area contributed by atoms with Crippen LogP contribution in [-0.4, -0.2) is 39.2 Å². The highest BCUT2D eigenvalue weighted by Gasteiger charge is 2.12. The van der Waals surface area contributed by atoms with Crippen LogP contribution in [0.1, 0.15) is 10.4 Å². The lowest BCUT2D eigenvalue weighted by Gasteiger charge is -2.15. The van der Waals surface area contributed by atoms with Crippen LogP contribution in [0.5, 0.6) is 11.5 Å². The van der Waals surface area contributed by atoms with E-state index in [1.807, 2.05) is 29.6 Å². The maximum atomic E-state index is 6.38. The molecule has 1 N–H and O–H groups in total. The van der Waals surface area contributed by atoms with E-state index in [9.17, 15) is 0 Å². The van der Waals surface area contributed by atoms with Crippen LogP contribution in [0.25, 0.3) is 0 Å². The van der Waals surface area contributed by atoms with Crippen molar-refractivity contribution >= 4 is 47.8 Å². The van der Waals surface area contributed by atoms with Crippen LogP contribution in [0.2, 0.25) is 5.02 Å². The maximum absolute atomic E-state index is 6.38. The van der Waals surface area contributed by atoms with Gasteiger partial charge in [0, 0.05) is 24.5 Å². The van der Waals surface area contributed by atoms with Crippen molar-refractivity contribution in [3.8, 4) is 11.5 Å². The van der Waals surface area contributed by atoms with Gasteiger partial charge in [0.25, 0.3) is 0 Å². The smallest absolute Gasteiger partial charge is 0.180 e. The van der Waals surface area contributed by atoms with Crippen molar-refractivity contribution in [2.75, 3.05) is 34.3 Å². The molecule has 2 rings (SSSR count). The molecule has 0 aliphatic carbocycles. The van der Waals surface area contributed by atoms with E-state index >= 15 is 0 Å². The van der Waals surface area contributed by atoms with E-state index < -0.39 is 0 Å². The fraction of sp³-hybridized carbons (Fsp3) is 0.412. The predicted molar refractivity (Wildman–Crippen MR) is 111 cm³/mol. The predicted octanol–water partition coefficient (Wildman–Crippen LogP) is 4.48. The summed E-state index contributed by atoms with van der Waals surface area (Å²) in [6.07, 6.45) is 0. The molecule has 25 heavy (non-hydrogen) atoms. The molecule has 1 aromatic carbocycles. The Kier molecular flexibility index (Phi) is 12.3. The molecule has 0 saturated carbocycles. The molecule has 8 heteroatoms. The summed E-state index contributed by atoms with van der Waals surface area (Å²) in [5.41, 5.74) is 1.08. The summed E-state index contributed by atoms with van der Waals surface area (Å²) in [6.45, 7) is 3.15. The Morgan fingerprint density at radius 2 is 2.00 bits per heavy atom. The fourth-order valence-electron chi connectivity index (χ4n) is 2.09. The van der Waals surface area contributed by atoms with E-state index in [-0.39, 0.29) is 24.8 Å². The second-order valence-electron chi connectivity index (χ2n) is 5.46. The van der Waals surface area contributed by atoms with Crippen molar-refractivity contribution in [1.29, 1.82) is 0 Å². The topological polar surface area (TPSA) is 33.7 Å². The van der Waals surface area contributed by atoms with Gasteiger partial charge in [-0.3, -0.25) is 0 Å². The molecule has 0 unspecified atom stereocenters. The van der Waals surface area contributed by atoms with Crippen molar-refractivity contribution in [2.24, 2.45) is 0 Å². The SMILES string of the molecule is COc1cc(CNCCN(C)C)cc(Cl)c1OCc1cccs1.Cl.Cl. The van der Waals surface area contributed by atoms with Gasteiger partial charge in [-0.05, 0) is 43.2 Å². The minimum atomic E-state index is 0. The third-order valence-electron chi connectivity index (χ3n) is 3.29. The molecule has 4 nitrogen and oxygen atoms in total. The van der Waals surface area contributed by atoms with Crippen molar-refractivity contribution in [3.05, 3.63) is 45.1 Å². The molecule has 0 saturated heterocycles. The molecule has 1 heterocycles. The Labute approximate surface area is 171 Å². The van der Waals surface area contributed by atoms with E-state index in [0.29, 0.717) is 23.1 Å². The van der Waals surface area contributed by atoms with Gasteiger partial charge in [-0.15, -0.1) is 36.2 Å². The standard InChI is InChI=1S/C17H23ClN2O2S.2ClH/c1-20(2)7-6-19-11-13-9-15(18)17(16(10-13)21-3)22-12-14-5-4-8-23-14;;/h4-5,8-10,19H,6-7,11-12H2,1-3H3;2*1H. The molecule has 0 fully saturated rings. The Balaban J connectivity index is 0.00000288. The lowest BCUT2D eigenvalue weighted by molar-refractivity contribution is 0.287. The van der Waals surface area contributed by atoms with Crippen LogP contribution >= 0.6 is 47.8 Å². The van der Waals surface area contributed by atoms with Crippen molar-refractivity contribution in [2.45, 2.75) is 13.2 Å². The van der Waals surface area contributed by atoms with Gasteiger partial charge in [0.15, 0.2) is 11.5 Å². The highest BCUT2D eigenvalue weighted by molar-refractivity contribution is 7.09. The quantitative estimate of drug-likeness (QED) is 0.598. The zero-order valence-electron chi connectivity index (χ0n) is 14.6. The Bertz CT molecular complexity index is 610. The molecule has 0 radical (unpaired) electrons. The Morgan fingerprint density at radius 1 is 1.24 bits per heavy atom. The van der Waals surface area contributed by atoms with E-state index in [1.165, 1.54) is 0 Å². The first-order chi connectivity index (χ1) is 11.1. The van der Waals surface area contributed by atoms with Gasteiger partial charge < -0.3 is 19.7 Å². The highest BCUT2D eigenvalue weighted by atomic mass is 35.5. The summed E-state index contributed by atoms with van der Waals surface area (Å²) in [4.78, 5) is 3.29. The lowest BCUT2D eigenvalue weighted by Crippen LogP contribution is -2.26. The first kappa shape index (κ1) is 24.3. The number of hydrogen-bond acceptors (Lipinski definition) is 5. The molecule has 1 aromatic heterocycles. The van der Waals surface area contributed by atoms with E-state index in [4.69, 9.17) is 21.1 Å². The molecule has 0 spiro atoms. The second-order valence-corrected chi connectivity index (χ2v) is 6.90. The van der Waals surface area contributed by atoms with Gasteiger partial charge in [0.2, 0.25) is 0 Å². The molecular formula is C17H25Cl3N2O2S. The summed E-state index contributed by atoms with van der Waals surface area (Å²) in [7, 11) is 5.75. The van der Waals surface area contributed by atoms with Gasteiger partial charge in [0.05, 0.1) is 12.1 Å². The molecule has 0 bridgehead atoms. The third kappa shape index (κ3) is 8.03. The summed E-state index contributed by atoms with van der Waals surface area (Å²) in [5.74, 6) is 1.26. The first-order valence-corrected chi connectivity index (χ1v) is 8.73. The average Bonchev–Trinajstić information content (AvgIpc) is 3.03. The number of nitrogens with zero attached hydrogens (tertiary/aromatic N) is 1. The number of rotatable bonds is 9. The summed E-state index contributed by atoms with van der Waals surface area (Å²) in [5, 5.41) is 5.99. The van der Waals surface area contributed by atoms with Crippen LogP contribution < -0.4 is 14.8 Å². The number of nitrogens with one attached hydrogen (secondary N) is 1. The van der Waals surface area contributed by atoms with Gasteiger partial charge in [-0.2, -0.15) is 0 Å². The van der Waals surface area contributed by atoms with Crippen molar-refractivity contribution in [1.82, 2.24) is 10.2 Å². The number of hydrogen-bond donors (Lipinski definition) is 1. The molecule has 142 valence electrons. The number of ether oxygens (including phenoxy) is 2. The lowest BCUT2D eigenvalue weighted by atomic mass is 10.2. The van der Waals surface area contributed by atoms with Gasteiger partial charge in [-0.1, -0.05) is 17.7 Å². The number of thiophene rings is 1. The minimum Gasteiger partial charge on any atom is -0.493 e. The largest absolute Gasteiger partial charge is 0.493 e. The molecular weight excluding hydrogens is 403 g/mol. The van der Waals surface area contributed by atoms with Crippen LogP contribution in [0.4, 0.5) is 0 Å². The summed E-state index contributed by atoms with van der Waals surface area (Å²) in [6, 6.07) is 7.94.